The monoisotopic (exact) mass is 690 g/mol. The van der Waals surface area contributed by atoms with E-state index in [9.17, 15) is 5.26 Å². The van der Waals surface area contributed by atoms with Gasteiger partial charge in [-0.1, -0.05) is 153 Å². The Hall–Kier alpha value is -6.96. The lowest BCUT2D eigenvalue weighted by molar-refractivity contribution is 0.563. The van der Waals surface area contributed by atoms with E-state index in [-0.39, 0.29) is 5.41 Å². The molecule has 1 spiro atoms. The van der Waals surface area contributed by atoms with Gasteiger partial charge in [0.2, 0.25) is 0 Å². The first-order valence-electron chi connectivity index (χ1n) is 18.3. The van der Waals surface area contributed by atoms with Gasteiger partial charge < -0.3 is 0 Å². The number of hydrogen-bond acceptors (Lipinski definition) is 4. The molecule has 54 heavy (non-hydrogen) atoms. The summed E-state index contributed by atoms with van der Waals surface area (Å²) in [6.07, 6.45) is 0. The SMILES string of the molecule is CC1(C)c2ccccc2C2(c3ccccc3-c3c(-c4cccc(-c5nc(-c6ccccc6)nc(-c6ccc(C#N)cc6)n5)c4)cccc32)c2ccccc21. The van der Waals surface area contributed by atoms with Crippen molar-refractivity contribution in [1.29, 1.82) is 5.26 Å². The molecule has 0 bridgehead atoms. The van der Waals surface area contributed by atoms with Crippen molar-refractivity contribution >= 4 is 0 Å². The first kappa shape index (κ1) is 31.7. The Morgan fingerprint density at radius 1 is 0.407 bits per heavy atom. The van der Waals surface area contributed by atoms with Crippen molar-refractivity contribution in [1.82, 2.24) is 15.0 Å². The van der Waals surface area contributed by atoms with Crippen LogP contribution in [0.4, 0.5) is 0 Å². The maximum Gasteiger partial charge on any atom is 0.164 e. The molecule has 0 unspecified atom stereocenters. The molecular formula is C50H34N4. The predicted molar refractivity (Wildman–Crippen MR) is 216 cm³/mol. The van der Waals surface area contributed by atoms with Gasteiger partial charge in [-0.3, -0.25) is 0 Å². The lowest BCUT2D eigenvalue weighted by Crippen LogP contribution is -2.40. The van der Waals surface area contributed by atoms with E-state index in [0.717, 1.165) is 22.3 Å². The van der Waals surface area contributed by atoms with Crippen LogP contribution in [0, 0.1) is 11.3 Å². The first-order valence-corrected chi connectivity index (χ1v) is 18.3. The summed E-state index contributed by atoms with van der Waals surface area (Å²) >= 11 is 0. The quantitative estimate of drug-likeness (QED) is 0.184. The molecule has 8 aromatic rings. The number of nitrogens with zero attached hydrogens (tertiary/aromatic N) is 4. The Morgan fingerprint density at radius 3 is 1.52 bits per heavy atom. The highest BCUT2D eigenvalue weighted by Gasteiger charge is 2.53. The molecule has 10 rings (SSSR count). The van der Waals surface area contributed by atoms with Gasteiger partial charge in [0.15, 0.2) is 17.5 Å². The van der Waals surface area contributed by atoms with E-state index in [1.807, 2.05) is 42.5 Å². The standard InChI is InChI=1S/C50H34N4/c1-49(2)40-21-8-10-23-42(40)50(43-24-11-9-22-41(43)49)39-20-7-6-18-38(39)45-37(19-13-25-44(45)50)35-16-12-17-36(30-35)48-53-46(33-14-4-3-5-15-33)52-47(54-48)34-28-26-32(31-51)27-29-34/h3-30H,1-2H3. The van der Waals surface area contributed by atoms with Gasteiger partial charge in [0.1, 0.15) is 0 Å². The van der Waals surface area contributed by atoms with E-state index in [1.54, 1.807) is 12.1 Å². The summed E-state index contributed by atoms with van der Waals surface area (Å²) in [4.78, 5) is 15.0. The molecule has 1 heterocycles. The normalized spacial score (nSPS) is 14.0. The second-order valence-corrected chi connectivity index (χ2v) is 14.7. The summed E-state index contributed by atoms with van der Waals surface area (Å²) in [5, 5.41) is 9.41. The first-order chi connectivity index (χ1) is 26.5. The zero-order valence-corrected chi connectivity index (χ0v) is 30.0. The minimum Gasteiger partial charge on any atom is -0.208 e. The number of hydrogen-bond donors (Lipinski definition) is 0. The molecule has 7 aromatic carbocycles. The molecule has 4 heteroatoms. The van der Waals surface area contributed by atoms with E-state index < -0.39 is 5.41 Å². The summed E-state index contributed by atoms with van der Waals surface area (Å²) in [7, 11) is 0. The Balaban J connectivity index is 1.19. The Morgan fingerprint density at radius 2 is 0.870 bits per heavy atom. The average molecular weight is 691 g/mol. The molecule has 2 aliphatic rings. The van der Waals surface area contributed by atoms with Gasteiger partial charge in [-0.15, -0.1) is 0 Å². The molecule has 0 aliphatic heterocycles. The summed E-state index contributed by atoms with van der Waals surface area (Å²) < 4.78 is 0. The van der Waals surface area contributed by atoms with Crippen LogP contribution in [0.1, 0.15) is 52.8 Å². The van der Waals surface area contributed by atoms with Gasteiger partial charge in [-0.2, -0.15) is 5.26 Å². The molecule has 254 valence electrons. The fourth-order valence-electron chi connectivity index (χ4n) is 9.02. The largest absolute Gasteiger partial charge is 0.208 e. The summed E-state index contributed by atoms with van der Waals surface area (Å²) in [6.45, 7) is 4.72. The molecule has 0 radical (unpaired) electrons. The third-order valence-electron chi connectivity index (χ3n) is 11.4. The third-order valence-corrected chi connectivity index (χ3v) is 11.4. The second-order valence-electron chi connectivity index (χ2n) is 14.7. The van der Waals surface area contributed by atoms with E-state index >= 15 is 0 Å². The van der Waals surface area contributed by atoms with Crippen molar-refractivity contribution < 1.29 is 0 Å². The van der Waals surface area contributed by atoms with Crippen molar-refractivity contribution in [2.75, 3.05) is 0 Å². The smallest absolute Gasteiger partial charge is 0.164 e. The molecule has 0 saturated heterocycles. The molecule has 0 amide bonds. The van der Waals surface area contributed by atoms with Gasteiger partial charge in [-0.25, -0.2) is 15.0 Å². The number of benzene rings is 7. The lowest BCUT2D eigenvalue weighted by atomic mass is 9.55. The Bertz CT molecular complexity index is 2760. The maximum atomic E-state index is 9.41. The second kappa shape index (κ2) is 12.0. The number of fused-ring (bicyclic) bond motifs is 9. The molecule has 2 aliphatic carbocycles. The number of nitriles is 1. The minimum absolute atomic E-state index is 0.151. The molecular weight excluding hydrogens is 657 g/mol. The molecule has 0 N–H and O–H groups in total. The highest BCUT2D eigenvalue weighted by atomic mass is 15.0. The molecule has 0 atom stereocenters. The van der Waals surface area contributed by atoms with Crippen LogP contribution in [0.3, 0.4) is 0 Å². The van der Waals surface area contributed by atoms with Crippen LogP contribution in [-0.4, -0.2) is 15.0 Å². The Kier molecular flexibility index (Phi) is 7.08. The van der Waals surface area contributed by atoms with Crippen LogP contribution in [0.15, 0.2) is 170 Å². The summed E-state index contributed by atoms with van der Waals surface area (Å²) in [5.74, 6) is 1.74. The van der Waals surface area contributed by atoms with Crippen LogP contribution in [-0.2, 0) is 10.8 Å². The zero-order chi connectivity index (χ0) is 36.4. The van der Waals surface area contributed by atoms with Crippen molar-refractivity contribution in [2.45, 2.75) is 24.7 Å². The molecule has 4 nitrogen and oxygen atoms in total. The van der Waals surface area contributed by atoms with Gasteiger partial charge in [0.25, 0.3) is 0 Å². The fraction of sp³-hybridized carbons (Fsp3) is 0.0800. The van der Waals surface area contributed by atoms with Crippen molar-refractivity contribution in [3.8, 4) is 62.5 Å². The van der Waals surface area contributed by atoms with Crippen LogP contribution in [0.5, 0.6) is 0 Å². The predicted octanol–water partition coefficient (Wildman–Crippen LogP) is 11.4. The summed E-state index contributed by atoms with van der Waals surface area (Å²) in [5.41, 5.74) is 15.4. The van der Waals surface area contributed by atoms with Gasteiger partial charge in [0.05, 0.1) is 17.0 Å². The van der Waals surface area contributed by atoms with Crippen LogP contribution >= 0.6 is 0 Å². The van der Waals surface area contributed by atoms with Crippen molar-refractivity contribution in [3.05, 3.63) is 209 Å². The van der Waals surface area contributed by atoms with Crippen molar-refractivity contribution in [3.63, 3.8) is 0 Å². The third kappa shape index (κ3) is 4.58. The lowest BCUT2D eigenvalue weighted by Gasteiger charge is -2.46. The van der Waals surface area contributed by atoms with Gasteiger partial charge in [0, 0.05) is 22.1 Å². The average Bonchev–Trinajstić information content (AvgIpc) is 3.54. The van der Waals surface area contributed by atoms with Gasteiger partial charge in [-0.05, 0) is 86.0 Å². The number of rotatable bonds is 4. The van der Waals surface area contributed by atoms with Crippen LogP contribution < -0.4 is 0 Å². The van der Waals surface area contributed by atoms with E-state index in [0.29, 0.717) is 23.0 Å². The summed E-state index contributed by atoms with van der Waals surface area (Å²) in [6, 6.07) is 62.1. The van der Waals surface area contributed by atoms with Crippen LogP contribution in [0.25, 0.3) is 56.4 Å². The maximum absolute atomic E-state index is 9.41. The molecule has 1 aromatic heterocycles. The van der Waals surface area contributed by atoms with E-state index in [4.69, 9.17) is 15.0 Å². The van der Waals surface area contributed by atoms with Crippen LogP contribution in [0.2, 0.25) is 0 Å². The zero-order valence-electron chi connectivity index (χ0n) is 30.0. The molecule has 0 saturated carbocycles. The van der Waals surface area contributed by atoms with Gasteiger partial charge >= 0.3 is 0 Å². The molecule has 0 fully saturated rings. The highest BCUT2D eigenvalue weighted by Crippen LogP contribution is 2.63. The van der Waals surface area contributed by atoms with Crippen molar-refractivity contribution in [2.24, 2.45) is 0 Å². The fourth-order valence-corrected chi connectivity index (χ4v) is 9.02. The minimum atomic E-state index is -0.461. The topological polar surface area (TPSA) is 62.5 Å². The van der Waals surface area contributed by atoms with E-state index in [2.05, 4.69) is 135 Å². The van der Waals surface area contributed by atoms with E-state index in [1.165, 1.54) is 50.1 Å². The highest BCUT2D eigenvalue weighted by molar-refractivity contribution is 5.97. The Labute approximate surface area is 315 Å². The number of aromatic nitrogens is 3.